The Morgan fingerprint density at radius 1 is 1.03 bits per heavy atom. The Bertz CT molecular complexity index is 1320. The van der Waals surface area contributed by atoms with E-state index in [1.165, 1.54) is 39.0 Å². The Morgan fingerprint density at radius 3 is 2.10 bits per heavy atom. The Balaban J connectivity index is 1.81. The summed E-state index contributed by atoms with van der Waals surface area (Å²) in [5.41, 5.74) is 9.10. The molecule has 4 rings (SSSR count). The molecule has 0 spiro atoms. The zero-order valence-corrected chi connectivity index (χ0v) is 27.9. The van der Waals surface area contributed by atoms with Crippen LogP contribution in [0.25, 0.3) is 17.2 Å². The van der Waals surface area contributed by atoms with Gasteiger partial charge in [0.25, 0.3) is 6.03 Å². The molecule has 39 heavy (non-hydrogen) atoms. The molecular formula is C32H47BN2O2Si2. The summed E-state index contributed by atoms with van der Waals surface area (Å²) in [5, 5.41) is 6.66. The molecule has 1 aliphatic heterocycles. The van der Waals surface area contributed by atoms with Crippen LogP contribution >= 0.6 is 0 Å². The highest BCUT2D eigenvalue weighted by Gasteiger charge is 2.63. The van der Waals surface area contributed by atoms with E-state index in [0.717, 1.165) is 12.8 Å². The van der Waals surface area contributed by atoms with Gasteiger partial charge in [-0.1, -0.05) is 124 Å². The number of fused-ring (bicyclic) bond motifs is 1. The maximum Gasteiger partial charge on any atom is 0.254 e. The third-order valence-corrected chi connectivity index (χ3v) is 19.0. The van der Waals surface area contributed by atoms with Gasteiger partial charge in [-0.05, 0) is 56.2 Å². The first-order valence-electron chi connectivity index (χ1n) is 14.5. The average molecular weight is 559 g/mol. The molecule has 4 nitrogen and oxygen atoms in total. The molecule has 2 aliphatic rings. The van der Waals surface area contributed by atoms with Gasteiger partial charge >= 0.3 is 0 Å². The summed E-state index contributed by atoms with van der Waals surface area (Å²) in [6, 6.07) is 13.5. The number of rotatable bonds is 6. The first-order chi connectivity index (χ1) is 17.9. The van der Waals surface area contributed by atoms with Crippen molar-refractivity contribution in [1.82, 2.24) is 10.5 Å². The Labute approximate surface area is 238 Å². The molecule has 208 valence electrons. The summed E-state index contributed by atoms with van der Waals surface area (Å²) < 4.78 is 0. The molecule has 1 aliphatic carbocycles. The lowest BCUT2D eigenvalue weighted by Gasteiger charge is -2.46. The second-order valence-electron chi connectivity index (χ2n) is 14.8. The molecule has 0 saturated carbocycles. The minimum absolute atomic E-state index is 0.0206. The summed E-state index contributed by atoms with van der Waals surface area (Å²) >= 11 is 0. The molecule has 1 unspecified atom stereocenters. The van der Waals surface area contributed by atoms with Crippen LogP contribution in [0.15, 0.2) is 42.0 Å². The van der Waals surface area contributed by atoms with Crippen molar-refractivity contribution in [3.63, 3.8) is 0 Å². The Morgan fingerprint density at radius 2 is 1.62 bits per heavy atom. The van der Waals surface area contributed by atoms with Gasteiger partial charge in [0.2, 0.25) is 0 Å². The molecular weight excluding hydrogens is 511 g/mol. The van der Waals surface area contributed by atoms with Gasteiger partial charge in [-0.25, -0.2) is 0 Å². The van der Waals surface area contributed by atoms with Gasteiger partial charge < -0.3 is 10.5 Å². The van der Waals surface area contributed by atoms with E-state index >= 15 is 0 Å². The van der Waals surface area contributed by atoms with E-state index in [2.05, 4.69) is 128 Å². The molecule has 1 atom stereocenters. The minimum Gasteiger partial charge on any atom is -0.408 e. The third-order valence-electron chi connectivity index (χ3n) is 8.82. The van der Waals surface area contributed by atoms with Crippen LogP contribution in [0.3, 0.4) is 0 Å². The molecule has 2 N–H and O–H groups in total. The molecule has 2 amide bonds. The third kappa shape index (κ3) is 5.37. The van der Waals surface area contributed by atoms with Gasteiger partial charge in [0.15, 0.2) is 11.1 Å². The van der Waals surface area contributed by atoms with E-state index in [9.17, 15) is 9.59 Å². The van der Waals surface area contributed by atoms with Gasteiger partial charge in [-0.3, -0.25) is 9.59 Å². The van der Waals surface area contributed by atoms with Crippen molar-refractivity contribution in [2.75, 3.05) is 0 Å². The van der Waals surface area contributed by atoms with Crippen LogP contribution < -0.4 is 10.5 Å². The highest BCUT2D eigenvalue weighted by Crippen LogP contribution is 2.44. The normalized spacial score (nSPS) is 18.7. The zero-order chi connectivity index (χ0) is 29.1. The largest absolute Gasteiger partial charge is 0.408 e. The van der Waals surface area contributed by atoms with Crippen molar-refractivity contribution in [3.8, 4) is 11.1 Å². The highest BCUT2D eigenvalue weighted by atomic mass is 28.4. The number of benzene rings is 2. The lowest BCUT2D eigenvalue weighted by molar-refractivity contribution is 0.256. The monoisotopic (exact) mass is 558 g/mol. The lowest BCUT2D eigenvalue weighted by atomic mass is 9.78. The van der Waals surface area contributed by atoms with E-state index in [1.54, 1.807) is 0 Å². The number of carbonyl (C=O) groups is 2. The molecule has 2 aromatic carbocycles. The first kappa shape index (κ1) is 29.6. The van der Waals surface area contributed by atoms with Crippen LogP contribution in [0.4, 0.5) is 9.59 Å². The molecule has 1 saturated heterocycles. The number of nitrogens with one attached hydrogen (secondary N) is 2. The smallest absolute Gasteiger partial charge is 0.254 e. The number of carbonyl (C=O) groups excluding carboxylic acids is 2. The van der Waals surface area contributed by atoms with Crippen LogP contribution in [0.5, 0.6) is 0 Å². The summed E-state index contributed by atoms with van der Waals surface area (Å²) in [6.45, 7) is 24.3. The van der Waals surface area contributed by atoms with Crippen molar-refractivity contribution in [3.05, 3.63) is 64.2 Å². The van der Waals surface area contributed by atoms with Crippen molar-refractivity contribution in [2.45, 2.75) is 104 Å². The summed E-state index contributed by atoms with van der Waals surface area (Å²) in [5.74, 6) is 0. The molecule has 0 radical (unpaired) electrons. The van der Waals surface area contributed by atoms with Crippen molar-refractivity contribution >= 4 is 39.1 Å². The van der Waals surface area contributed by atoms with Crippen molar-refractivity contribution in [1.29, 1.82) is 0 Å². The average Bonchev–Trinajstić information content (AvgIpc) is 3.18. The number of amides is 2. The molecule has 0 bridgehead atoms. The second kappa shape index (κ2) is 9.91. The summed E-state index contributed by atoms with van der Waals surface area (Å²) in [7, 11) is -4.57. The van der Waals surface area contributed by atoms with E-state index in [1.807, 2.05) is 0 Å². The van der Waals surface area contributed by atoms with E-state index in [4.69, 9.17) is 0 Å². The Kier molecular flexibility index (Phi) is 7.52. The number of hydrogen-bond donors (Lipinski definition) is 2. The van der Waals surface area contributed by atoms with Crippen LogP contribution in [-0.4, -0.2) is 33.0 Å². The van der Waals surface area contributed by atoms with Crippen molar-refractivity contribution in [2.24, 2.45) is 0 Å². The van der Waals surface area contributed by atoms with E-state index in [0.29, 0.717) is 0 Å². The number of hydrogen-bond acceptors (Lipinski definition) is 2. The van der Waals surface area contributed by atoms with Gasteiger partial charge in [0.05, 0.1) is 6.04 Å². The van der Waals surface area contributed by atoms with Gasteiger partial charge in [-0.2, -0.15) is 0 Å². The highest BCUT2D eigenvalue weighted by molar-refractivity contribution is 7.75. The Hall–Kier alpha value is -2.38. The lowest BCUT2D eigenvalue weighted by Crippen LogP contribution is -2.87. The standard InChI is InChI=1S/C32H47BN2O2Si2/c1-12-14-22-17-21-15-13-16-26(23-18-24(31(2,3)4)20-25(19-23)32(5,6)7)27(21)28(22)34-29(36)38(8,9)33-35-30(37)39(33,10)11/h13,15-20,28H,12,14H2,1-11H3,(H,34,36)(H,35,37). The quantitative estimate of drug-likeness (QED) is 0.350. The fourth-order valence-electron chi connectivity index (χ4n) is 6.15. The SMILES string of the molecule is CCCC1=Cc2cccc(-c3cc(C(C)(C)C)cc(C(C)(C)C)c3)c2C1NC(=O)[Si](C)(C)B1NC(=O)[Si]1(C)C. The first-order valence-corrected chi connectivity index (χ1v) is 20.7. The van der Waals surface area contributed by atoms with Crippen LogP contribution in [-0.2, 0) is 10.8 Å². The summed E-state index contributed by atoms with van der Waals surface area (Å²) in [4.78, 5) is 26.3. The topological polar surface area (TPSA) is 58.2 Å². The molecule has 2 aromatic rings. The van der Waals surface area contributed by atoms with Crippen LogP contribution in [0.2, 0.25) is 26.2 Å². The second-order valence-corrected chi connectivity index (χ2v) is 24.4. The van der Waals surface area contributed by atoms with Crippen LogP contribution in [0.1, 0.15) is 89.6 Å². The minimum atomic E-state index is -2.45. The molecule has 1 heterocycles. The van der Waals surface area contributed by atoms with Gasteiger partial charge in [0, 0.05) is 0 Å². The zero-order valence-electron chi connectivity index (χ0n) is 25.9. The fraction of sp³-hybridized carbons (Fsp3) is 0.500. The predicted octanol–water partition coefficient (Wildman–Crippen LogP) is 8.35. The fourth-order valence-corrected chi connectivity index (χ4v) is 16.6. The van der Waals surface area contributed by atoms with Crippen molar-refractivity contribution < 1.29 is 9.59 Å². The van der Waals surface area contributed by atoms with E-state index < -0.39 is 15.9 Å². The summed E-state index contributed by atoms with van der Waals surface area (Å²) in [6.07, 6.45) is 4.26. The van der Waals surface area contributed by atoms with Gasteiger partial charge in [-0.15, -0.1) is 0 Å². The van der Waals surface area contributed by atoms with Crippen LogP contribution in [0, 0.1) is 0 Å². The van der Waals surface area contributed by atoms with Gasteiger partial charge in [0.1, 0.15) is 15.9 Å². The molecule has 0 aromatic heterocycles. The maximum atomic E-state index is 14.0. The van der Waals surface area contributed by atoms with E-state index in [-0.39, 0.29) is 34.0 Å². The molecule has 1 fully saturated rings. The molecule has 7 heteroatoms. The predicted molar refractivity (Wildman–Crippen MR) is 173 cm³/mol. The maximum absolute atomic E-state index is 14.0.